The molecule has 0 spiro atoms. The van der Waals surface area contributed by atoms with Crippen molar-refractivity contribution in [3.05, 3.63) is 35.8 Å². The molecule has 1 heterocycles. The van der Waals surface area contributed by atoms with E-state index in [-0.39, 0.29) is 11.8 Å². The number of hydrogen-bond donors (Lipinski definition) is 0. The second-order valence-corrected chi connectivity index (χ2v) is 4.47. The van der Waals surface area contributed by atoms with Gasteiger partial charge < -0.3 is 4.74 Å². The van der Waals surface area contributed by atoms with Gasteiger partial charge in [-0.3, -0.25) is 9.48 Å². The summed E-state index contributed by atoms with van der Waals surface area (Å²) in [5.74, 6) is -0.310. The molecular formula is C14H15FN2O2. The third kappa shape index (κ3) is 2.50. The molecule has 0 aliphatic heterocycles. The van der Waals surface area contributed by atoms with Gasteiger partial charge in [0.15, 0.2) is 17.9 Å². The normalized spacial score (nSPS) is 10.8. The molecular weight excluding hydrogens is 247 g/mol. The summed E-state index contributed by atoms with van der Waals surface area (Å²) in [6.45, 7) is 3.92. The highest BCUT2D eigenvalue weighted by molar-refractivity contribution is 5.85. The monoisotopic (exact) mass is 262 g/mol. The number of rotatable bonds is 4. The number of halogens is 1. The maximum absolute atomic E-state index is 13.7. The number of methoxy groups -OCH3 is 1. The van der Waals surface area contributed by atoms with E-state index < -0.39 is 5.82 Å². The van der Waals surface area contributed by atoms with Gasteiger partial charge in [-0.25, -0.2) is 4.39 Å². The number of ether oxygens (including phenoxy) is 1. The SMILES string of the molecule is COc1ccc(-c2nn(C(C)C)cc2C=O)cc1F. The zero-order valence-electron chi connectivity index (χ0n) is 11.1. The minimum Gasteiger partial charge on any atom is -0.494 e. The predicted octanol–water partition coefficient (Wildman–Crippen LogP) is 3.09. The van der Waals surface area contributed by atoms with Crippen molar-refractivity contribution in [1.82, 2.24) is 9.78 Å². The molecule has 0 saturated heterocycles. The van der Waals surface area contributed by atoms with E-state index in [4.69, 9.17) is 4.74 Å². The van der Waals surface area contributed by atoms with Crippen LogP contribution in [0.3, 0.4) is 0 Å². The Morgan fingerprint density at radius 2 is 2.16 bits per heavy atom. The Bertz CT molecular complexity index is 605. The number of hydrogen-bond acceptors (Lipinski definition) is 3. The first-order valence-corrected chi connectivity index (χ1v) is 5.95. The predicted molar refractivity (Wildman–Crippen MR) is 69.9 cm³/mol. The van der Waals surface area contributed by atoms with Crippen molar-refractivity contribution in [2.24, 2.45) is 0 Å². The van der Waals surface area contributed by atoms with Gasteiger partial charge in [0, 0.05) is 17.8 Å². The van der Waals surface area contributed by atoms with Crippen LogP contribution in [0.4, 0.5) is 4.39 Å². The van der Waals surface area contributed by atoms with Crippen LogP contribution in [0, 0.1) is 5.82 Å². The van der Waals surface area contributed by atoms with Gasteiger partial charge in [0.05, 0.1) is 12.7 Å². The highest BCUT2D eigenvalue weighted by atomic mass is 19.1. The lowest BCUT2D eigenvalue weighted by Crippen LogP contribution is -2.00. The van der Waals surface area contributed by atoms with Crippen molar-refractivity contribution in [3.63, 3.8) is 0 Å². The maximum atomic E-state index is 13.7. The van der Waals surface area contributed by atoms with Crippen molar-refractivity contribution >= 4 is 6.29 Å². The summed E-state index contributed by atoms with van der Waals surface area (Å²) < 4.78 is 20.2. The fourth-order valence-corrected chi connectivity index (χ4v) is 1.79. The van der Waals surface area contributed by atoms with Crippen LogP contribution >= 0.6 is 0 Å². The van der Waals surface area contributed by atoms with E-state index >= 15 is 0 Å². The molecule has 0 unspecified atom stereocenters. The summed E-state index contributed by atoms with van der Waals surface area (Å²) >= 11 is 0. The number of carbonyl (C=O) groups excluding carboxylic acids is 1. The first kappa shape index (κ1) is 13.3. The summed E-state index contributed by atoms with van der Waals surface area (Å²) in [6, 6.07) is 4.66. The van der Waals surface area contributed by atoms with Gasteiger partial charge in [0.2, 0.25) is 0 Å². The molecule has 0 atom stereocenters. The molecule has 5 heteroatoms. The Hall–Kier alpha value is -2.17. The summed E-state index contributed by atoms with van der Waals surface area (Å²) in [6.07, 6.45) is 2.39. The average Bonchev–Trinajstić information content (AvgIpc) is 2.82. The van der Waals surface area contributed by atoms with Crippen LogP contribution in [0.2, 0.25) is 0 Å². The molecule has 0 fully saturated rings. The van der Waals surface area contributed by atoms with Crippen LogP contribution in [0.25, 0.3) is 11.3 Å². The Morgan fingerprint density at radius 1 is 1.42 bits per heavy atom. The highest BCUT2D eigenvalue weighted by Crippen LogP contribution is 2.27. The lowest BCUT2D eigenvalue weighted by atomic mass is 10.1. The summed E-state index contributed by atoms with van der Waals surface area (Å²) in [5.41, 5.74) is 1.48. The minimum atomic E-state index is -0.476. The molecule has 0 N–H and O–H groups in total. The smallest absolute Gasteiger partial charge is 0.165 e. The lowest BCUT2D eigenvalue weighted by molar-refractivity contribution is 0.112. The Balaban J connectivity index is 2.51. The molecule has 4 nitrogen and oxygen atoms in total. The van der Waals surface area contributed by atoms with Crippen LogP contribution in [0.1, 0.15) is 30.2 Å². The molecule has 0 amide bonds. The molecule has 0 aliphatic carbocycles. The second-order valence-electron chi connectivity index (χ2n) is 4.47. The van der Waals surface area contributed by atoms with Gasteiger partial charge in [-0.05, 0) is 32.0 Å². The molecule has 0 aliphatic rings. The zero-order valence-corrected chi connectivity index (χ0v) is 11.1. The van der Waals surface area contributed by atoms with E-state index in [9.17, 15) is 9.18 Å². The molecule has 1 aromatic carbocycles. The van der Waals surface area contributed by atoms with Crippen LogP contribution in [-0.2, 0) is 0 Å². The van der Waals surface area contributed by atoms with E-state index in [1.54, 1.807) is 16.9 Å². The molecule has 100 valence electrons. The molecule has 2 aromatic rings. The van der Waals surface area contributed by atoms with Crippen molar-refractivity contribution < 1.29 is 13.9 Å². The Labute approximate surface area is 110 Å². The maximum Gasteiger partial charge on any atom is 0.165 e. The summed E-state index contributed by atoms with van der Waals surface area (Å²) in [5, 5.41) is 4.33. The van der Waals surface area contributed by atoms with Crippen LogP contribution in [0.5, 0.6) is 5.75 Å². The van der Waals surface area contributed by atoms with Crippen molar-refractivity contribution in [1.29, 1.82) is 0 Å². The Morgan fingerprint density at radius 3 is 2.68 bits per heavy atom. The van der Waals surface area contributed by atoms with Crippen molar-refractivity contribution in [3.8, 4) is 17.0 Å². The van der Waals surface area contributed by atoms with Crippen LogP contribution in [0.15, 0.2) is 24.4 Å². The summed E-state index contributed by atoms with van der Waals surface area (Å²) in [4.78, 5) is 11.1. The van der Waals surface area contributed by atoms with E-state index in [1.807, 2.05) is 13.8 Å². The van der Waals surface area contributed by atoms with Gasteiger partial charge in [0.25, 0.3) is 0 Å². The van der Waals surface area contributed by atoms with Crippen LogP contribution in [-0.4, -0.2) is 23.2 Å². The molecule has 2 rings (SSSR count). The highest BCUT2D eigenvalue weighted by Gasteiger charge is 2.14. The van der Waals surface area contributed by atoms with Gasteiger partial charge in [-0.1, -0.05) is 0 Å². The number of aromatic nitrogens is 2. The molecule has 0 bridgehead atoms. The van der Waals surface area contributed by atoms with Crippen molar-refractivity contribution in [2.75, 3.05) is 7.11 Å². The van der Waals surface area contributed by atoms with Gasteiger partial charge in [-0.15, -0.1) is 0 Å². The fraction of sp³-hybridized carbons (Fsp3) is 0.286. The average molecular weight is 262 g/mol. The van der Waals surface area contributed by atoms with Gasteiger partial charge in [0.1, 0.15) is 5.69 Å². The van der Waals surface area contributed by atoms with Gasteiger partial charge in [-0.2, -0.15) is 5.10 Å². The van der Waals surface area contributed by atoms with Crippen LogP contribution < -0.4 is 4.74 Å². The second kappa shape index (κ2) is 5.22. The summed E-state index contributed by atoms with van der Waals surface area (Å²) in [7, 11) is 1.41. The number of nitrogens with zero attached hydrogens (tertiary/aromatic N) is 2. The number of aldehydes is 1. The van der Waals surface area contributed by atoms with E-state index in [1.165, 1.54) is 19.2 Å². The molecule has 0 saturated carbocycles. The van der Waals surface area contributed by atoms with Gasteiger partial charge >= 0.3 is 0 Å². The third-order valence-electron chi connectivity index (χ3n) is 2.84. The van der Waals surface area contributed by atoms with Crippen molar-refractivity contribution in [2.45, 2.75) is 19.9 Å². The largest absolute Gasteiger partial charge is 0.494 e. The van der Waals surface area contributed by atoms with E-state index in [2.05, 4.69) is 5.10 Å². The lowest BCUT2D eigenvalue weighted by Gasteiger charge is -2.05. The van der Waals surface area contributed by atoms with E-state index in [0.29, 0.717) is 16.8 Å². The standard InChI is InChI=1S/C14H15FN2O2/c1-9(2)17-7-11(8-18)14(16-17)10-4-5-13(19-3)12(15)6-10/h4-9H,1-3H3. The third-order valence-corrected chi connectivity index (χ3v) is 2.84. The Kier molecular flexibility index (Phi) is 3.64. The first-order valence-electron chi connectivity index (χ1n) is 5.95. The fourth-order valence-electron chi connectivity index (χ4n) is 1.79. The number of benzene rings is 1. The molecule has 1 aromatic heterocycles. The number of carbonyl (C=O) groups is 1. The quantitative estimate of drug-likeness (QED) is 0.795. The first-order chi connectivity index (χ1) is 9.06. The molecule has 0 radical (unpaired) electrons. The zero-order chi connectivity index (χ0) is 14.0. The molecule has 19 heavy (non-hydrogen) atoms. The van der Waals surface area contributed by atoms with E-state index in [0.717, 1.165) is 6.29 Å². The topological polar surface area (TPSA) is 44.1 Å². The minimum absolute atomic E-state index is 0.135.